The topological polar surface area (TPSA) is 84.0 Å². The second-order valence-electron chi connectivity index (χ2n) is 6.02. The van der Waals surface area contributed by atoms with Crippen LogP contribution in [0.3, 0.4) is 0 Å². The first-order chi connectivity index (χ1) is 13.7. The van der Waals surface area contributed by atoms with E-state index in [2.05, 4.69) is 20.9 Å². The van der Waals surface area contributed by atoms with Crippen LogP contribution in [-0.4, -0.2) is 46.2 Å². The van der Waals surface area contributed by atoms with Crippen LogP contribution in [0.15, 0.2) is 53.5 Å². The fourth-order valence-corrected chi connectivity index (χ4v) is 2.59. The molecule has 0 aromatic heterocycles. The van der Waals surface area contributed by atoms with E-state index >= 15 is 0 Å². The van der Waals surface area contributed by atoms with E-state index in [0.717, 1.165) is 12.0 Å². The number of amides is 1. The number of benzene rings is 2. The zero-order valence-electron chi connectivity index (χ0n) is 16.6. The summed E-state index contributed by atoms with van der Waals surface area (Å²) in [5.74, 6) is 2.03. The maximum atomic E-state index is 12.0. The van der Waals surface area contributed by atoms with Gasteiger partial charge in [0.15, 0.2) is 17.5 Å². The molecular weight excluding hydrogens is 356 g/mol. The molecule has 150 valence electrons. The summed E-state index contributed by atoms with van der Waals surface area (Å²) in [6.45, 7) is 1.89. The van der Waals surface area contributed by atoms with Crippen LogP contribution in [0.5, 0.6) is 11.5 Å². The summed E-state index contributed by atoms with van der Waals surface area (Å²) in [7, 11) is 4.96. The van der Waals surface area contributed by atoms with Gasteiger partial charge in [-0.05, 0) is 36.2 Å². The number of ether oxygens (including phenoxy) is 2. The highest BCUT2D eigenvalue weighted by molar-refractivity contribution is 5.94. The van der Waals surface area contributed by atoms with E-state index in [1.807, 2.05) is 36.4 Å². The third-order valence-electron chi connectivity index (χ3n) is 4.10. The van der Waals surface area contributed by atoms with Crippen molar-refractivity contribution in [2.75, 3.05) is 34.4 Å². The van der Waals surface area contributed by atoms with Crippen molar-refractivity contribution in [2.45, 2.75) is 13.0 Å². The van der Waals surface area contributed by atoms with Gasteiger partial charge in [-0.2, -0.15) is 0 Å². The molecule has 1 amide bonds. The normalized spacial score (nSPS) is 10.9. The highest BCUT2D eigenvalue weighted by Gasteiger charge is 2.06. The highest BCUT2D eigenvalue weighted by atomic mass is 16.5. The van der Waals surface area contributed by atoms with Crippen molar-refractivity contribution in [3.63, 3.8) is 0 Å². The molecular formula is C21H28N4O3. The average molecular weight is 384 g/mol. The summed E-state index contributed by atoms with van der Waals surface area (Å²) in [5, 5.41) is 9.40. The number of nitrogens with zero attached hydrogens (tertiary/aromatic N) is 1. The molecule has 28 heavy (non-hydrogen) atoms. The molecule has 2 rings (SSSR count). The molecule has 0 aliphatic heterocycles. The number of carbonyl (C=O) groups is 1. The van der Waals surface area contributed by atoms with Crippen LogP contribution in [0.25, 0.3) is 0 Å². The monoisotopic (exact) mass is 384 g/mol. The van der Waals surface area contributed by atoms with Crippen molar-refractivity contribution in [3.8, 4) is 11.5 Å². The van der Waals surface area contributed by atoms with E-state index in [9.17, 15) is 4.79 Å². The SMILES string of the molecule is CN=C(NCCCNC(=O)c1ccccc1)NCc1ccc(OC)c(OC)c1. The number of nitrogens with one attached hydrogen (secondary N) is 3. The van der Waals surface area contributed by atoms with E-state index in [1.54, 1.807) is 33.4 Å². The standard InChI is InChI=1S/C21H28N4O3/c1-22-21(25-15-16-10-11-18(27-2)19(14-16)28-3)24-13-7-12-23-20(26)17-8-5-4-6-9-17/h4-6,8-11,14H,7,12-13,15H2,1-3H3,(H,23,26)(H2,22,24,25). The first-order valence-electron chi connectivity index (χ1n) is 9.16. The van der Waals surface area contributed by atoms with Crippen LogP contribution >= 0.6 is 0 Å². The van der Waals surface area contributed by atoms with Crippen LogP contribution in [0, 0.1) is 0 Å². The Balaban J connectivity index is 1.69. The van der Waals surface area contributed by atoms with Gasteiger partial charge in [0.2, 0.25) is 0 Å². The van der Waals surface area contributed by atoms with Gasteiger partial charge < -0.3 is 25.4 Å². The smallest absolute Gasteiger partial charge is 0.251 e. The van der Waals surface area contributed by atoms with Gasteiger partial charge in [-0.1, -0.05) is 24.3 Å². The van der Waals surface area contributed by atoms with Gasteiger partial charge >= 0.3 is 0 Å². The summed E-state index contributed by atoms with van der Waals surface area (Å²) < 4.78 is 10.6. The molecule has 0 bridgehead atoms. The minimum absolute atomic E-state index is 0.0587. The molecule has 0 spiro atoms. The number of hydrogen-bond donors (Lipinski definition) is 3. The molecule has 0 saturated heterocycles. The number of hydrogen-bond acceptors (Lipinski definition) is 4. The molecule has 0 fully saturated rings. The number of methoxy groups -OCH3 is 2. The summed E-state index contributed by atoms with van der Waals surface area (Å²) >= 11 is 0. The quantitative estimate of drug-likeness (QED) is 0.351. The van der Waals surface area contributed by atoms with Crippen molar-refractivity contribution >= 4 is 11.9 Å². The summed E-state index contributed by atoms with van der Waals surface area (Å²) in [5.41, 5.74) is 1.72. The first-order valence-corrected chi connectivity index (χ1v) is 9.16. The summed E-state index contributed by atoms with van der Waals surface area (Å²) in [6, 6.07) is 15.0. The van der Waals surface area contributed by atoms with Gasteiger partial charge in [0.25, 0.3) is 5.91 Å². The Morgan fingerprint density at radius 1 is 0.929 bits per heavy atom. The van der Waals surface area contributed by atoms with Crippen LogP contribution < -0.4 is 25.4 Å². The Morgan fingerprint density at radius 3 is 2.32 bits per heavy atom. The first kappa shape index (κ1) is 21.1. The lowest BCUT2D eigenvalue weighted by Gasteiger charge is -2.13. The minimum Gasteiger partial charge on any atom is -0.493 e. The van der Waals surface area contributed by atoms with Gasteiger partial charge in [-0.15, -0.1) is 0 Å². The maximum absolute atomic E-state index is 12.0. The molecule has 0 aliphatic rings. The Kier molecular flexibility index (Phi) is 8.65. The average Bonchev–Trinajstić information content (AvgIpc) is 2.75. The largest absolute Gasteiger partial charge is 0.493 e. The van der Waals surface area contributed by atoms with Gasteiger partial charge in [0.1, 0.15) is 0 Å². The van der Waals surface area contributed by atoms with Crippen molar-refractivity contribution in [2.24, 2.45) is 4.99 Å². The van der Waals surface area contributed by atoms with Gasteiger partial charge in [0.05, 0.1) is 14.2 Å². The molecule has 0 radical (unpaired) electrons. The molecule has 0 heterocycles. The van der Waals surface area contributed by atoms with Gasteiger partial charge in [-0.25, -0.2) is 0 Å². The molecule has 7 heteroatoms. The second kappa shape index (κ2) is 11.5. The van der Waals surface area contributed by atoms with Crippen LogP contribution in [-0.2, 0) is 6.54 Å². The van der Waals surface area contributed by atoms with E-state index in [4.69, 9.17) is 9.47 Å². The Bertz CT molecular complexity index is 778. The lowest BCUT2D eigenvalue weighted by molar-refractivity contribution is 0.0953. The minimum atomic E-state index is -0.0587. The maximum Gasteiger partial charge on any atom is 0.251 e. The van der Waals surface area contributed by atoms with E-state index in [-0.39, 0.29) is 5.91 Å². The summed E-state index contributed by atoms with van der Waals surface area (Å²) in [4.78, 5) is 16.2. The molecule has 7 nitrogen and oxygen atoms in total. The number of guanidine groups is 1. The lowest BCUT2D eigenvalue weighted by Crippen LogP contribution is -2.38. The molecule has 2 aromatic rings. The molecule has 0 atom stereocenters. The van der Waals surface area contributed by atoms with E-state index in [1.165, 1.54) is 0 Å². The van der Waals surface area contributed by atoms with Gasteiger partial charge in [-0.3, -0.25) is 9.79 Å². The Hall–Kier alpha value is -3.22. The van der Waals surface area contributed by atoms with Crippen molar-refractivity contribution < 1.29 is 14.3 Å². The third kappa shape index (κ3) is 6.50. The van der Waals surface area contributed by atoms with E-state index < -0.39 is 0 Å². The Labute approximate surface area is 166 Å². The zero-order chi connectivity index (χ0) is 20.2. The van der Waals surface area contributed by atoms with Gasteiger partial charge in [0, 0.05) is 32.2 Å². The molecule has 0 saturated carbocycles. The Morgan fingerprint density at radius 2 is 1.64 bits per heavy atom. The van der Waals surface area contributed by atoms with E-state index in [0.29, 0.717) is 42.7 Å². The zero-order valence-corrected chi connectivity index (χ0v) is 16.6. The molecule has 2 aromatic carbocycles. The fraction of sp³-hybridized carbons (Fsp3) is 0.333. The summed E-state index contributed by atoms with van der Waals surface area (Å²) in [6.07, 6.45) is 0.787. The number of rotatable bonds is 9. The molecule has 3 N–H and O–H groups in total. The predicted octanol–water partition coefficient (Wildman–Crippen LogP) is 2.19. The number of aliphatic imine (C=N–C) groups is 1. The molecule has 0 unspecified atom stereocenters. The van der Waals surface area contributed by atoms with Crippen molar-refractivity contribution in [1.82, 2.24) is 16.0 Å². The van der Waals surface area contributed by atoms with Crippen LogP contribution in [0.2, 0.25) is 0 Å². The van der Waals surface area contributed by atoms with Crippen LogP contribution in [0.1, 0.15) is 22.3 Å². The van der Waals surface area contributed by atoms with Crippen LogP contribution in [0.4, 0.5) is 0 Å². The second-order valence-corrected chi connectivity index (χ2v) is 6.02. The van der Waals surface area contributed by atoms with Crippen molar-refractivity contribution in [3.05, 3.63) is 59.7 Å². The lowest BCUT2D eigenvalue weighted by atomic mass is 10.2. The van der Waals surface area contributed by atoms with Crippen molar-refractivity contribution in [1.29, 1.82) is 0 Å². The number of carbonyl (C=O) groups excluding carboxylic acids is 1. The third-order valence-corrected chi connectivity index (χ3v) is 4.10. The molecule has 0 aliphatic carbocycles. The predicted molar refractivity (Wildman–Crippen MR) is 111 cm³/mol. The fourth-order valence-electron chi connectivity index (χ4n) is 2.59. The highest BCUT2D eigenvalue weighted by Crippen LogP contribution is 2.27.